The Morgan fingerprint density at radius 3 is 2.39 bits per heavy atom. The average molecular weight is 706 g/mol. The number of guanidine groups is 1. The molecule has 0 bridgehead atoms. The molecule has 6 rings (SSSR count). The molecule has 5 aromatic rings. The standard InChI is InChI=1S/C28H31N5O4S.C7H8O3S/c29-28(30)33-13-5-6-19(17-33)18-37-27(34)26(15-22-16-31-25-10-4-3-9-24(22)25)32-38(35,36)23-12-11-20-7-1-2-8-21(20)14-23;1-6-2-4-7(5-3-6)11(8,9)10/h1-4,7-12,14,16,19,26,31-32H,5-6,13,15,17-18H2,(H3,29,30);2-5H,1H3,(H,8,9,10)/t19-,26-;/m1./s1. The summed E-state index contributed by atoms with van der Waals surface area (Å²) in [6.07, 6.45) is 3.60. The Morgan fingerprint density at radius 2 is 1.67 bits per heavy atom. The summed E-state index contributed by atoms with van der Waals surface area (Å²) < 4.78 is 64.7. The molecule has 6 N–H and O–H groups in total. The Hall–Kier alpha value is -4.76. The molecular formula is C35H39N5O7S2. The molecule has 1 aliphatic heterocycles. The van der Waals surface area contributed by atoms with Crippen LogP contribution in [-0.2, 0) is 36.1 Å². The number of aryl methyl sites for hydroxylation is 1. The lowest BCUT2D eigenvalue weighted by molar-refractivity contribution is -0.147. The number of H-pyrrole nitrogens is 1. The second-order valence-corrected chi connectivity index (χ2v) is 15.1. The van der Waals surface area contributed by atoms with Gasteiger partial charge in [-0.05, 0) is 66.4 Å². The molecule has 0 amide bonds. The predicted molar refractivity (Wildman–Crippen MR) is 188 cm³/mol. The molecule has 2 atom stereocenters. The van der Waals surface area contributed by atoms with Crippen LogP contribution in [0.5, 0.6) is 0 Å². The summed E-state index contributed by atoms with van der Waals surface area (Å²) in [5.74, 6) is -0.622. The Bertz CT molecular complexity index is 2170. The van der Waals surface area contributed by atoms with Gasteiger partial charge in [0.2, 0.25) is 10.0 Å². The van der Waals surface area contributed by atoms with Crippen molar-refractivity contribution in [1.29, 1.82) is 5.41 Å². The maximum atomic E-state index is 13.4. The summed E-state index contributed by atoms with van der Waals surface area (Å²) in [7, 11) is -8.05. The number of rotatable bonds is 9. The van der Waals surface area contributed by atoms with E-state index in [1.165, 1.54) is 18.2 Å². The van der Waals surface area contributed by atoms with Crippen molar-refractivity contribution in [3.63, 3.8) is 0 Å². The second kappa shape index (κ2) is 15.2. The third-order valence-electron chi connectivity index (χ3n) is 8.35. The van der Waals surface area contributed by atoms with E-state index in [0.717, 1.165) is 45.6 Å². The maximum Gasteiger partial charge on any atom is 0.324 e. The van der Waals surface area contributed by atoms with Crippen molar-refractivity contribution in [1.82, 2.24) is 14.6 Å². The topological polar surface area (TPSA) is 196 Å². The second-order valence-electron chi connectivity index (χ2n) is 12.0. The molecule has 1 aliphatic rings. The number of carbonyl (C=O) groups excluding carboxylic acids is 1. The fourth-order valence-electron chi connectivity index (χ4n) is 5.71. The highest BCUT2D eigenvalue weighted by atomic mass is 32.2. The maximum absolute atomic E-state index is 13.4. The number of carbonyl (C=O) groups is 1. The normalized spacial score (nSPS) is 15.7. The molecule has 2 heterocycles. The van der Waals surface area contributed by atoms with Gasteiger partial charge in [0.05, 0.1) is 16.4 Å². The van der Waals surface area contributed by atoms with Gasteiger partial charge in [-0.25, -0.2) is 8.42 Å². The third-order valence-corrected chi connectivity index (χ3v) is 10.7. The lowest BCUT2D eigenvalue weighted by Gasteiger charge is -2.32. The van der Waals surface area contributed by atoms with E-state index in [4.69, 9.17) is 20.4 Å². The molecular weight excluding hydrogens is 667 g/mol. The number of nitrogens with one attached hydrogen (secondary N) is 3. The van der Waals surface area contributed by atoms with Crippen molar-refractivity contribution >= 4 is 53.7 Å². The number of para-hydroxylation sites is 1. The molecule has 1 fully saturated rings. The van der Waals surface area contributed by atoms with E-state index < -0.39 is 32.2 Å². The van der Waals surface area contributed by atoms with Crippen molar-refractivity contribution in [2.45, 2.75) is 42.0 Å². The quantitative estimate of drug-likeness (QED) is 0.0630. The minimum absolute atomic E-state index is 0.00128. The smallest absolute Gasteiger partial charge is 0.324 e. The van der Waals surface area contributed by atoms with Crippen LogP contribution in [0.3, 0.4) is 0 Å². The van der Waals surface area contributed by atoms with E-state index in [0.29, 0.717) is 13.1 Å². The van der Waals surface area contributed by atoms with Crippen molar-refractivity contribution < 1.29 is 30.9 Å². The molecule has 0 spiro atoms. The molecule has 0 saturated carbocycles. The van der Waals surface area contributed by atoms with E-state index in [1.54, 1.807) is 35.4 Å². The van der Waals surface area contributed by atoms with Crippen molar-refractivity contribution in [2.24, 2.45) is 11.7 Å². The van der Waals surface area contributed by atoms with Crippen molar-refractivity contribution in [2.75, 3.05) is 19.7 Å². The number of nitrogens with two attached hydrogens (primary N) is 1. The van der Waals surface area contributed by atoms with Crippen LogP contribution in [0.1, 0.15) is 24.0 Å². The Morgan fingerprint density at radius 1 is 1.00 bits per heavy atom. The first-order valence-corrected chi connectivity index (χ1v) is 18.6. The SMILES string of the molecule is Cc1ccc(S(=O)(=O)O)cc1.N=C(N)N1CCC[C@@H](COC(=O)[C@@H](Cc2c[nH]c3ccccc23)NS(=O)(=O)c2ccc3ccccc3c2)C1. The minimum Gasteiger partial charge on any atom is -0.464 e. The first-order chi connectivity index (χ1) is 23.3. The van der Waals surface area contributed by atoms with Crippen LogP contribution in [-0.4, -0.2) is 68.9 Å². The molecule has 0 radical (unpaired) electrons. The third kappa shape index (κ3) is 9.23. The fourth-order valence-corrected chi connectivity index (χ4v) is 7.41. The van der Waals surface area contributed by atoms with Crippen LogP contribution < -0.4 is 10.5 Å². The van der Waals surface area contributed by atoms with Crippen LogP contribution in [0.25, 0.3) is 21.7 Å². The molecule has 0 aliphatic carbocycles. The molecule has 258 valence electrons. The number of fused-ring (bicyclic) bond motifs is 2. The average Bonchev–Trinajstić information content (AvgIpc) is 3.49. The summed E-state index contributed by atoms with van der Waals surface area (Å²) in [5.41, 5.74) is 8.30. The number of hydrogen-bond acceptors (Lipinski definition) is 7. The number of nitrogens with zero attached hydrogens (tertiary/aromatic N) is 1. The summed E-state index contributed by atoms with van der Waals surface area (Å²) in [4.78, 5) is 18.3. The van der Waals surface area contributed by atoms with E-state index in [2.05, 4.69) is 9.71 Å². The number of benzene rings is 4. The molecule has 4 aromatic carbocycles. The van der Waals surface area contributed by atoms with Crippen molar-refractivity contribution in [3.8, 4) is 0 Å². The zero-order valence-corrected chi connectivity index (χ0v) is 28.5. The van der Waals surface area contributed by atoms with Crippen molar-refractivity contribution in [3.05, 3.63) is 108 Å². The van der Waals surface area contributed by atoms with Gasteiger partial charge < -0.3 is 20.4 Å². The van der Waals surface area contributed by atoms with Crippen LogP contribution in [0.15, 0.2) is 107 Å². The first-order valence-electron chi connectivity index (χ1n) is 15.7. The number of aromatic nitrogens is 1. The zero-order chi connectivity index (χ0) is 35.2. The van der Waals surface area contributed by atoms with Gasteiger partial charge in [-0.2, -0.15) is 13.1 Å². The van der Waals surface area contributed by atoms with E-state index in [9.17, 15) is 21.6 Å². The number of ether oxygens (including phenoxy) is 1. The number of likely N-dealkylation sites (tertiary alicyclic amines) is 1. The molecule has 1 saturated heterocycles. The van der Waals surface area contributed by atoms with Gasteiger partial charge in [0.1, 0.15) is 6.04 Å². The first kappa shape index (κ1) is 35.5. The van der Waals surface area contributed by atoms with Gasteiger partial charge in [-0.3, -0.25) is 14.8 Å². The van der Waals surface area contributed by atoms with E-state index in [1.807, 2.05) is 55.5 Å². The van der Waals surface area contributed by atoms with Gasteiger partial charge in [0, 0.05) is 42.5 Å². The lowest BCUT2D eigenvalue weighted by Crippen LogP contribution is -2.46. The number of aromatic amines is 1. The highest BCUT2D eigenvalue weighted by Crippen LogP contribution is 2.23. The van der Waals surface area contributed by atoms with Gasteiger partial charge in [-0.15, -0.1) is 0 Å². The lowest BCUT2D eigenvalue weighted by atomic mass is 9.99. The van der Waals surface area contributed by atoms with Crippen LogP contribution >= 0.6 is 0 Å². The summed E-state index contributed by atoms with van der Waals surface area (Å²) in [5, 5.41) is 10.3. The van der Waals surface area contributed by atoms with Crippen LogP contribution in [0.2, 0.25) is 0 Å². The van der Waals surface area contributed by atoms with Gasteiger partial charge in [0.15, 0.2) is 5.96 Å². The highest BCUT2D eigenvalue weighted by Gasteiger charge is 2.30. The molecule has 49 heavy (non-hydrogen) atoms. The fraction of sp³-hybridized carbons (Fsp3) is 0.257. The van der Waals surface area contributed by atoms with E-state index >= 15 is 0 Å². The molecule has 0 unspecified atom stereocenters. The van der Waals surface area contributed by atoms with Crippen LogP contribution in [0.4, 0.5) is 0 Å². The Balaban J connectivity index is 0.000000363. The largest absolute Gasteiger partial charge is 0.464 e. The van der Waals surface area contributed by atoms with E-state index in [-0.39, 0.29) is 34.7 Å². The summed E-state index contributed by atoms with van der Waals surface area (Å²) in [6, 6.07) is 24.9. The van der Waals surface area contributed by atoms with Gasteiger partial charge >= 0.3 is 5.97 Å². The Labute approximate surface area is 285 Å². The number of piperidine rings is 1. The predicted octanol–water partition coefficient (Wildman–Crippen LogP) is 4.60. The minimum atomic E-state index is -4.03. The van der Waals surface area contributed by atoms with Crippen LogP contribution in [0, 0.1) is 18.3 Å². The van der Waals surface area contributed by atoms with Gasteiger partial charge in [-0.1, -0.05) is 66.2 Å². The summed E-state index contributed by atoms with van der Waals surface area (Å²) in [6.45, 7) is 3.20. The molecule has 1 aromatic heterocycles. The number of sulfonamides is 1. The number of hydrogen-bond donors (Lipinski definition) is 5. The van der Waals surface area contributed by atoms with Gasteiger partial charge in [0.25, 0.3) is 10.1 Å². The highest BCUT2D eigenvalue weighted by molar-refractivity contribution is 7.89. The summed E-state index contributed by atoms with van der Waals surface area (Å²) >= 11 is 0. The molecule has 14 heteroatoms. The number of esters is 1. The Kier molecular flexibility index (Phi) is 11.0. The zero-order valence-electron chi connectivity index (χ0n) is 26.9. The monoisotopic (exact) mass is 705 g/mol. The molecule has 12 nitrogen and oxygen atoms in total.